The molecule has 3 amide bonds. The summed E-state index contributed by atoms with van der Waals surface area (Å²) in [7, 11) is 0. The predicted molar refractivity (Wildman–Crippen MR) is 120 cm³/mol. The number of hydrogen-bond donors (Lipinski definition) is 3. The van der Waals surface area contributed by atoms with Crippen LogP contribution in [-0.4, -0.2) is 59.5 Å². The van der Waals surface area contributed by atoms with Crippen LogP contribution in [0, 0.1) is 11.3 Å². The summed E-state index contributed by atoms with van der Waals surface area (Å²) in [5.74, 6) is -3.15. The highest BCUT2D eigenvalue weighted by atomic mass is 19.4. The van der Waals surface area contributed by atoms with Crippen LogP contribution in [0.25, 0.3) is 0 Å². The molecule has 1 fully saturated rings. The van der Waals surface area contributed by atoms with Gasteiger partial charge in [0.15, 0.2) is 0 Å². The van der Waals surface area contributed by atoms with Crippen molar-refractivity contribution < 1.29 is 37.5 Å². The molecule has 34 heavy (non-hydrogen) atoms. The lowest BCUT2D eigenvalue weighted by Gasteiger charge is -2.32. The van der Waals surface area contributed by atoms with Gasteiger partial charge in [-0.3, -0.25) is 14.4 Å². The van der Waals surface area contributed by atoms with Crippen LogP contribution in [0.3, 0.4) is 0 Å². The number of alkyl halides is 3. The lowest BCUT2D eigenvalue weighted by atomic mass is 9.95. The molecule has 0 aromatic heterocycles. The van der Waals surface area contributed by atoms with Crippen molar-refractivity contribution in [2.75, 3.05) is 25.0 Å². The molecular formula is C23H30F3N3O5. The molecule has 0 saturated carbocycles. The van der Waals surface area contributed by atoms with Crippen LogP contribution >= 0.6 is 0 Å². The van der Waals surface area contributed by atoms with E-state index in [4.69, 9.17) is 9.90 Å². The van der Waals surface area contributed by atoms with Gasteiger partial charge in [0.05, 0.1) is 5.92 Å². The molecule has 1 aromatic rings. The van der Waals surface area contributed by atoms with E-state index in [1.807, 2.05) is 20.8 Å². The Labute approximate surface area is 196 Å². The fraction of sp³-hybridized carbons (Fsp3) is 0.478. The Morgan fingerprint density at radius 3 is 2.18 bits per heavy atom. The maximum absolute atomic E-state index is 12.8. The number of carboxylic acid groups (broad SMARTS) is 1. The molecule has 0 radical (unpaired) electrons. The second-order valence-electron chi connectivity index (χ2n) is 8.71. The zero-order valence-corrected chi connectivity index (χ0v) is 19.4. The minimum Gasteiger partial charge on any atom is -0.475 e. The van der Waals surface area contributed by atoms with Gasteiger partial charge >= 0.3 is 12.1 Å². The standard InChI is InChI=1S/C21H29N3O3.C2HF3O2/c1-5-12-22-18(25)16-7-6-13-24(14-16)19(26)15-8-10-17(11-9-15)23-20(27)21(2,3)4;3-2(4,5)1(6)7/h5,8-11,16H,1,6-7,12-14H2,2-4H3,(H,22,25)(H,23,27);(H,6,7). The number of likely N-dealkylation sites (tertiary alicyclic amines) is 1. The summed E-state index contributed by atoms with van der Waals surface area (Å²) >= 11 is 0. The Morgan fingerprint density at radius 2 is 1.71 bits per heavy atom. The summed E-state index contributed by atoms with van der Waals surface area (Å²) in [5, 5.41) is 12.8. The molecule has 0 bridgehead atoms. The van der Waals surface area contributed by atoms with Crippen molar-refractivity contribution in [3.63, 3.8) is 0 Å². The molecule has 188 valence electrons. The first-order chi connectivity index (χ1) is 15.7. The number of amides is 3. The Morgan fingerprint density at radius 1 is 1.15 bits per heavy atom. The Balaban J connectivity index is 0.000000718. The topological polar surface area (TPSA) is 116 Å². The van der Waals surface area contributed by atoms with E-state index in [0.29, 0.717) is 30.9 Å². The molecular weight excluding hydrogens is 455 g/mol. The number of anilines is 1. The molecule has 1 atom stereocenters. The Kier molecular flexibility index (Phi) is 10.3. The Hall–Kier alpha value is -3.37. The monoisotopic (exact) mass is 485 g/mol. The van der Waals surface area contributed by atoms with Crippen molar-refractivity contribution >= 4 is 29.4 Å². The number of benzene rings is 1. The molecule has 11 heteroatoms. The number of carbonyl (C=O) groups is 4. The summed E-state index contributed by atoms with van der Waals surface area (Å²) < 4.78 is 31.7. The summed E-state index contributed by atoms with van der Waals surface area (Å²) in [4.78, 5) is 47.6. The number of hydrogen-bond acceptors (Lipinski definition) is 4. The maximum Gasteiger partial charge on any atom is 0.490 e. The van der Waals surface area contributed by atoms with Crippen LogP contribution in [-0.2, 0) is 14.4 Å². The number of carbonyl (C=O) groups excluding carboxylic acids is 3. The largest absolute Gasteiger partial charge is 0.490 e. The van der Waals surface area contributed by atoms with Crippen molar-refractivity contribution in [3.05, 3.63) is 42.5 Å². The molecule has 0 aliphatic carbocycles. The normalized spacial score (nSPS) is 15.9. The fourth-order valence-corrected chi connectivity index (χ4v) is 2.89. The minimum absolute atomic E-state index is 0.0346. The first-order valence-electron chi connectivity index (χ1n) is 10.6. The first-order valence-corrected chi connectivity index (χ1v) is 10.6. The van der Waals surface area contributed by atoms with E-state index in [1.54, 1.807) is 35.2 Å². The van der Waals surface area contributed by atoms with Crippen LogP contribution in [0.5, 0.6) is 0 Å². The van der Waals surface area contributed by atoms with E-state index in [-0.39, 0.29) is 23.6 Å². The summed E-state index contributed by atoms with van der Waals surface area (Å²) in [6.07, 6.45) is -1.86. The predicted octanol–water partition coefficient (Wildman–Crippen LogP) is 3.46. The van der Waals surface area contributed by atoms with Crippen molar-refractivity contribution in [2.45, 2.75) is 39.8 Å². The SMILES string of the molecule is C=CCNC(=O)C1CCCN(C(=O)c2ccc(NC(=O)C(C)(C)C)cc2)C1.O=C(O)C(F)(F)F. The lowest BCUT2D eigenvalue weighted by molar-refractivity contribution is -0.192. The number of halogens is 3. The van der Waals surface area contributed by atoms with Gasteiger partial charge in [0.25, 0.3) is 5.91 Å². The fourth-order valence-electron chi connectivity index (χ4n) is 2.89. The molecule has 1 saturated heterocycles. The van der Waals surface area contributed by atoms with E-state index < -0.39 is 17.6 Å². The molecule has 2 rings (SSSR count). The quantitative estimate of drug-likeness (QED) is 0.553. The van der Waals surface area contributed by atoms with E-state index in [0.717, 1.165) is 12.8 Å². The van der Waals surface area contributed by atoms with Crippen LogP contribution in [0.15, 0.2) is 36.9 Å². The molecule has 3 N–H and O–H groups in total. The van der Waals surface area contributed by atoms with Crippen molar-refractivity contribution in [1.82, 2.24) is 10.2 Å². The highest BCUT2D eigenvalue weighted by Crippen LogP contribution is 2.21. The molecule has 1 unspecified atom stereocenters. The molecule has 1 aliphatic rings. The van der Waals surface area contributed by atoms with Gasteiger partial charge in [-0.25, -0.2) is 4.79 Å². The molecule has 1 aliphatic heterocycles. The van der Waals surface area contributed by atoms with Gasteiger partial charge in [-0.1, -0.05) is 26.8 Å². The van der Waals surface area contributed by atoms with Gasteiger partial charge in [-0.05, 0) is 37.1 Å². The van der Waals surface area contributed by atoms with E-state index in [9.17, 15) is 27.6 Å². The summed E-state index contributed by atoms with van der Waals surface area (Å²) in [5.41, 5.74) is 0.728. The first kappa shape index (κ1) is 28.7. The summed E-state index contributed by atoms with van der Waals surface area (Å²) in [6, 6.07) is 6.88. The van der Waals surface area contributed by atoms with Crippen LogP contribution < -0.4 is 10.6 Å². The third-order valence-electron chi connectivity index (χ3n) is 4.81. The zero-order chi connectivity index (χ0) is 26.1. The highest BCUT2D eigenvalue weighted by Gasteiger charge is 2.38. The number of nitrogens with one attached hydrogen (secondary N) is 2. The number of rotatable bonds is 5. The van der Waals surface area contributed by atoms with E-state index in [1.165, 1.54) is 0 Å². The van der Waals surface area contributed by atoms with Crippen molar-refractivity contribution in [2.24, 2.45) is 11.3 Å². The number of nitrogens with zero attached hydrogens (tertiary/aromatic N) is 1. The van der Waals surface area contributed by atoms with E-state index >= 15 is 0 Å². The van der Waals surface area contributed by atoms with Gasteiger partial charge in [-0.15, -0.1) is 6.58 Å². The third-order valence-corrected chi connectivity index (χ3v) is 4.81. The summed E-state index contributed by atoms with van der Waals surface area (Å²) in [6.45, 7) is 10.6. The van der Waals surface area contributed by atoms with E-state index in [2.05, 4.69) is 17.2 Å². The number of aliphatic carboxylic acids is 1. The smallest absolute Gasteiger partial charge is 0.475 e. The van der Waals surface area contributed by atoms with Gasteiger partial charge in [0.2, 0.25) is 11.8 Å². The molecule has 1 aromatic carbocycles. The van der Waals surface area contributed by atoms with Crippen molar-refractivity contribution in [3.8, 4) is 0 Å². The van der Waals surface area contributed by atoms with Crippen molar-refractivity contribution in [1.29, 1.82) is 0 Å². The number of carboxylic acids is 1. The molecule has 8 nitrogen and oxygen atoms in total. The van der Waals surface area contributed by atoms with Crippen LogP contribution in [0.4, 0.5) is 18.9 Å². The average molecular weight is 486 g/mol. The second-order valence-corrected chi connectivity index (χ2v) is 8.71. The zero-order valence-electron chi connectivity index (χ0n) is 19.4. The Bertz CT molecular complexity index is 893. The third kappa shape index (κ3) is 9.24. The van der Waals surface area contributed by atoms with Crippen LogP contribution in [0.2, 0.25) is 0 Å². The number of piperidine rings is 1. The van der Waals surface area contributed by atoms with Gasteiger partial charge in [0.1, 0.15) is 0 Å². The lowest BCUT2D eigenvalue weighted by Crippen LogP contribution is -2.45. The maximum atomic E-state index is 12.8. The highest BCUT2D eigenvalue weighted by molar-refractivity contribution is 5.97. The second kappa shape index (κ2) is 12.2. The average Bonchev–Trinajstić information content (AvgIpc) is 2.76. The van der Waals surface area contributed by atoms with Gasteiger partial charge < -0.3 is 20.6 Å². The minimum atomic E-state index is -5.08. The molecule has 0 spiro atoms. The van der Waals surface area contributed by atoms with Crippen LogP contribution in [0.1, 0.15) is 44.0 Å². The molecule has 1 heterocycles. The van der Waals surface area contributed by atoms with Gasteiger partial charge in [0, 0.05) is 36.3 Å². The van der Waals surface area contributed by atoms with Gasteiger partial charge in [-0.2, -0.15) is 13.2 Å².